The van der Waals surface area contributed by atoms with Crippen molar-refractivity contribution < 1.29 is 9.53 Å². The Kier molecular flexibility index (Phi) is 4.36. The molecule has 0 saturated heterocycles. The first kappa shape index (κ1) is 9.34. The number of ether oxygens (including phenoxy) is 1. The van der Waals surface area contributed by atoms with E-state index in [4.69, 9.17) is 34.8 Å². The van der Waals surface area contributed by atoms with Crippen molar-refractivity contribution in [1.29, 1.82) is 0 Å². The summed E-state index contributed by atoms with van der Waals surface area (Å²) in [5.41, 5.74) is 0. The highest BCUT2D eigenvalue weighted by Gasteiger charge is 2.18. The van der Waals surface area contributed by atoms with Gasteiger partial charge in [-0.2, -0.15) is 0 Å². The summed E-state index contributed by atoms with van der Waals surface area (Å²) < 4.78 is 2.81. The molecule has 5 heteroatoms. The Hall–Kier alpha value is 0.340. The fourth-order valence-electron chi connectivity index (χ4n) is 0.208. The SMILES string of the molecule is O=[C]OCCC(Cl)(Cl)Cl. The van der Waals surface area contributed by atoms with Gasteiger partial charge in [0.15, 0.2) is 3.79 Å². The Morgan fingerprint density at radius 2 is 2.00 bits per heavy atom. The Morgan fingerprint density at radius 1 is 1.44 bits per heavy atom. The maximum absolute atomic E-state index is 9.41. The van der Waals surface area contributed by atoms with E-state index in [1.165, 1.54) is 6.47 Å². The Morgan fingerprint density at radius 3 is 2.33 bits per heavy atom. The van der Waals surface area contributed by atoms with Gasteiger partial charge in [-0.15, -0.1) is 0 Å². The molecule has 0 saturated carbocycles. The molecule has 0 aliphatic rings. The quantitative estimate of drug-likeness (QED) is 0.501. The van der Waals surface area contributed by atoms with Crippen molar-refractivity contribution in [2.24, 2.45) is 0 Å². The van der Waals surface area contributed by atoms with Gasteiger partial charge in [0.05, 0.1) is 6.61 Å². The molecule has 0 fully saturated rings. The predicted molar refractivity (Wildman–Crippen MR) is 36.6 cm³/mol. The van der Waals surface area contributed by atoms with Gasteiger partial charge >= 0.3 is 6.47 Å². The highest BCUT2D eigenvalue weighted by atomic mass is 35.6. The van der Waals surface area contributed by atoms with Crippen LogP contribution in [0, 0.1) is 0 Å². The molecule has 0 atom stereocenters. The van der Waals surface area contributed by atoms with E-state index in [2.05, 4.69) is 4.74 Å². The lowest BCUT2D eigenvalue weighted by Crippen LogP contribution is -2.06. The monoisotopic (exact) mass is 189 g/mol. The number of hydrogen-bond acceptors (Lipinski definition) is 2. The summed E-state index contributed by atoms with van der Waals surface area (Å²) in [6.07, 6.45) is 0.187. The second kappa shape index (κ2) is 4.20. The van der Waals surface area contributed by atoms with Crippen LogP contribution in [0.3, 0.4) is 0 Å². The van der Waals surface area contributed by atoms with Crippen molar-refractivity contribution in [3.8, 4) is 0 Å². The molecule has 0 aliphatic heterocycles. The molecule has 1 radical (unpaired) electrons. The standard InChI is InChI=1S/C4H4Cl3O2/c5-4(6,7)1-2-9-3-8/h1-2H2. The van der Waals surface area contributed by atoms with Crippen molar-refractivity contribution in [3.05, 3.63) is 0 Å². The van der Waals surface area contributed by atoms with Crippen LogP contribution in [-0.2, 0) is 9.53 Å². The predicted octanol–water partition coefficient (Wildman–Crippen LogP) is 1.83. The zero-order valence-corrected chi connectivity index (χ0v) is 6.63. The van der Waals surface area contributed by atoms with Crippen LogP contribution < -0.4 is 0 Å². The summed E-state index contributed by atoms with van der Waals surface area (Å²) in [5, 5.41) is 0. The van der Waals surface area contributed by atoms with Crippen LogP contribution in [-0.4, -0.2) is 16.9 Å². The van der Waals surface area contributed by atoms with Gasteiger partial charge in [0, 0.05) is 6.42 Å². The first-order valence-electron chi connectivity index (χ1n) is 2.12. The molecular weight excluding hydrogens is 186 g/mol. The minimum absolute atomic E-state index is 0.0833. The molecule has 0 aromatic heterocycles. The molecule has 0 spiro atoms. The third-order valence-electron chi connectivity index (χ3n) is 0.547. The van der Waals surface area contributed by atoms with E-state index in [1.807, 2.05) is 0 Å². The zero-order chi connectivity index (χ0) is 7.33. The summed E-state index contributed by atoms with van der Waals surface area (Å²) in [6.45, 7) is 1.30. The first-order valence-corrected chi connectivity index (χ1v) is 3.25. The third kappa shape index (κ3) is 8.34. The molecule has 0 aliphatic carbocycles. The average molecular weight is 190 g/mol. The van der Waals surface area contributed by atoms with Crippen LogP contribution in [0.15, 0.2) is 0 Å². The van der Waals surface area contributed by atoms with Crippen molar-refractivity contribution in [2.75, 3.05) is 6.61 Å². The van der Waals surface area contributed by atoms with E-state index in [1.54, 1.807) is 0 Å². The van der Waals surface area contributed by atoms with Gasteiger partial charge in [0.1, 0.15) is 0 Å². The summed E-state index contributed by atoms with van der Waals surface area (Å²) in [5.74, 6) is 0. The molecule has 0 aromatic carbocycles. The van der Waals surface area contributed by atoms with Gasteiger partial charge in [-0.25, -0.2) is 4.79 Å². The third-order valence-corrected chi connectivity index (χ3v) is 1.11. The molecule has 0 bridgehead atoms. The number of rotatable bonds is 3. The van der Waals surface area contributed by atoms with Gasteiger partial charge in [0.2, 0.25) is 0 Å². The summed E-state index contributed by atoms with van der Waals surface area (Å²) in [6, 6.07) is 0. The number of hydrogen-bond donors (Lipinski definition) is 0. The van der Waals surface area contributed by atoms with Gasteiger partial charge in [0.25, 0.3) is 0 Å². The number of halogens is 3. The molecule has 0 rings (SSSR count). The molecular formula is C4H4Cl3O2. The summed E-state index contributed by atoms with van der Waals surface area (Å²) in [4.78, 5) is 9.41. The van der Waals surface area contributed by atoms with Crippen molar-refractivity contribution >= 4 is 41.3 Å². The van der Waals surface area contributed by atoms with Gasteiger partial charge in [-0.1, -0.05) is 34.8 Å². The normalized spacial score (nSPS) is 11.0. The topological polar surface area (TPSA) is 26.3 Å². The maximum Gasteiger partial charge on any atom is 0.417 e. The lowest BCUT2D eigenvalue weighted by Gasteiger charge is -2.07. The lowest BCUT2D eigenvalue weighted by molar-refractivity contribution is 0.274. The van der Waals surface area contributed by atoms with E-state index in [0.717, 1.165) is 0 Å². The van der Waals surface area contributed by atoms with E-state index < -0.39 is 3.79 Å². The Labute approximate surface area is 68.0 Å². The van der Waals surface area contributed by atoms with E-state index >= 15 is 0 Å². The average Bonchev–Trinajstić information content (AvgIpc) is 1.63. The lowest BCUT2D eigenvalue weighted by atomic mass is 10.5. The van der Waals surface area contributed by atoms with Crippen LogP contribution in [0.25, 0.3) is 0 Å². The highest BCUT2D eigenvalue weighted by Crippen LogP contribution is 2.29. The number of alkyl halides is 3. The largest absolute Gasteiger partial charge is 0.457 e. The van der Waals surface area contributed by atoms with Crippen molar-refractivity contribution in [1.82, 2.24) is 0 Å². The minimum Gasteiger partial charge on any atom is -0.457 e. The van der Waals surface area contributed by atoms with Crippen molar-refractivity contribution in [2.45, 2.75) is 10.2 Å². The molecule has 0 heterocycles. The Bertz CT molecular complexity index is 88.3. The highest BCUT2D eigenvalue weighted by molar-refractivity contribution is 6.67. The van der Waals surface area contributed by atoms with Gasteiger partial charge < -0.3 is 4.74 Å². The van der Waals surface area contributed by atoms with Crippen LogP contribution in [0.5, 0.6) is 0 Å². The van der Waals surface area contributed by atoms with Crippen LogP contribution in [0.2, 0.25) is 0 Å². The van der Waals surface area contributed by atoms with Crippen LogP contribution >= 0.6 is 34.8 Å². The second-order valence-electron chi connectivity index (χ2n) is 1.30. The van der Waals surface area contributed by atoms with E-state index in [-0.39, 0.29) is 13.0 Å². The molecule has 9 heavy (non-hydrogen) atoms. The number of carbonyl (C=O) groups excluding carboxylic acids is 1. The van der Waals surface area contributed by atoms with E-state index in [9.17, 15) is 4.79 Å². The molecule has 2 nitrogen and oxygen atoms in total. The van der Waals surface area contributed by atoms with Crippen LogP contribution in [0.1, 0.15) is 6.42 Å². The fraction of sp³-hybridized carbons (Fsp3) is 0.750. The van der Waals surface area contributed by atoms with Gasteiger partial charge in [-0.05, 0) is 0 Å². The van der Waals surface area contributed by atoms with Gasteiger partial charge in [-0.3, -0.25) is 0 Å². The summed E-state index contributed by atoms with van der Waals surface area (Å²) in [7, 11) is 0. The fourth-order valence-corrected chi connectivity index (χ4v) is 0.440. The van der Waals surface area contributed by atoms with Crippen LogP contribution in [0.4, 0.5) is 0 Å². The van der Waals surface area contributed by atoms with E-state index in [0.29, 0.717) is 0 Å². The molecule has 0 N–H and O–H groups in total. The Balaban J connectivity index is 3.17. The zero-order valence-electron chi connectivity index (χ0n) is 4.36. The smallest absolute Gasteiger partial charge is 0.417 e. The first-order chi connectivity index (χ1) is 4.06. The molecule has 0 amide bonds. The summed E-state index contributed by atoms with van der Waals surface area (Å²) >= 11 is 15.9. The van der Waals surface area contributed by atoms with Crippen molar-refractivity contribution in [3.63, 3.8) is 0 Å². The second-order valence-corrected chi connectivity index (χ2v) is 3.81. The molecule has 53 valence electrons. The molecule has 0 aromatic rings. The molecule has 0 unspecified atom stereocenters. The minimum atomic E-state index is -1.34. The maximum atomic E-state index is 9.41.